The highest BCUT2D eigenvalue weighted by Gasteiger charge is 2.35. The third-order valence-electron chi connectivity index (χ3n) is 6.18. The fourth-order valence-electron chi connectivity index (χ4n) is 3.77. The molecule has 2 aromatic carbocycles. The van der Waals surface area contributed by atoms with Crippen LogP contribution < -0.4 is 14.9 Å². The van der Waals surface area contributed by atoms with Crippen molar-refractivity contribution in [3.8, 4) is 0 Å². The maximum atomic E-state index is 13.8. The summed E-state index contributed by atoms with van der Waals surface area (Å²) in [7, 11) is -2.37. The van der Waals surface area contributed by atoms with Crippen LogP contribution in [0.3, 0.4) is 0 Å². The van der Waals surface area contributed by atoms with E-state index in [2.05, 4.69) is 15.6 Å². The molecule has 0 aliphatic carbocycles. The van der Waals surface area contributed by atoms with E-state index in [0.717, 1.165) is 39.6 Å². The van der Waals surface area contributed by atoms with Crippen molar-refractivity contribution >= 4 is 38.3 Å². The van der Waals surface area contributed by atoms with Gasteiger partial charge >= 0.3 is 0 Å². The maximum Gasteiger partial charge on any atom is 0.271 e. The fraction of sp³-hybridized carbons (Fsp3) is 0.346. The second-order valence-electron chi connectivity index (χ2n) is 9.28. The molecule has 14 heteroatoms. The topological polar surface area (TPSA) is 149 Å². The number of aromatic nitrogens is 1. The Labute approximate surface area is 234 Å². The number of rotatable bonds is 12. The second-order valence-corrected chi connectivity index (χ2v) is 12.1. The number of hydrogen-bond acceptors (Lipinski definition) is 8. The number of halogens is 2. The molecule has 216 valence electrons. The highest BCUT2D eigenvalue weighted by atomic mass is 32.2. The van der Waals surface area contributed by atoms with Crippen molar-refractivity contribution in [1.29, 1.82) is 0 Å². The quantitative estimate of drug-likeness (QED) is 0.249. The van der Waals surface area contributed by atoms with E-state index < -0.39 is 57.6 Å². The standard InChI is InChI=1S/C26H30F2N4O6S2/c1-15(24(35)29-13-16-7-5-4-6-8-16)22(33)23(34)20(11-17-9-18(27)12-19(28)10-17)30-25(36)21-14-39-26(31-21)32(2)40(3,37)38/h4-10,12,14-15,20,22-23,33-34H,11,13H2,1-3H3,(H,29,35)(H,30,36). The van der Waals surface area contributed by atoms with E-state index in [4.69, 9.17) is 0 Å². The van der Waals surface area contributed by atoms with E-state index in [-0.39, 0.29) is 29.4 Å². The van der Waals surface area contributed by atoms with Gasteiger partial charge < -0.3 is 20.8 Å². The Hall–Kier alpha value is -3.46. The number of carbonyl (C=O) groups is 2. The average molecular weight is 597 g/mol. The number of carbonyl (C=O) groups excluding carboxylic acids is 2. The van der Waals surface area contributed by atoms with Gasteiger partial charge in [0, 0.05) is 25.0 Å². The minimum absolute atomic E-state index is 0.0145. The normalized spacial score (nSPS) is 14.6. The van der Waals surface area contributed by atoms with Crippen molar-refractivity contribution in [3.05, 3.63) is 82.4 Å². The molecular formula is C26H30F2N4O6S2. The van der Waals surface area contributed by atoms with E-state index in [1.807, 2.05) is 6.07 Å². The summed E-state index contributed by atoms with van der Waals surface area (Å²) in [5.74, 6) is -4.28. The van der Waals surface area contributed by atoms with Crippen LogP contribution in [0.2, 0.25) is 0 Å². The first-order valence-electron chi connectivity index (χ1n) is 12.1. The minimum atomic E-state index is -3.64. The highest BCUT2D eigenvalue weighted by molar-refractivity contribution is 7.92. The van der Waals surface area contributed by atoms with E-state index in [1.165, 1.54) is 19.4 Å². The first kappa shape index (κ1) is 31.1. The number of benzene rings is 2. The summed E-state index contributed by atoms with van der Waals surface area (Å²) in [4.78, 5) is 29.7. The number of sulfonamides is 1. The molecule has 4 unspecified atom stereocenters. The van der Waals surface area contributed by atoms with Crippen LogP contribution in [0, 0.1) is 17.6 Å². The Morgan fingerprint density at radius 1 is 1.05 bits per heavy atom. The van der Waals surface area contributed by atoms with Gasteiger partial charge in [-0.25, -0.2) is 26.5 Å². The number of thiazole rings is 1. The molecule has 0 spiro atoms. The van der Waals surface area contributed by atoms with Crippen LogP contribution in [0.4, 0.5) is 13.9 Å². The Morgan fingerprint density at radius 2 is 1.68 bits per heavy atom. The predicted molar refractivity (Wildman–Crippen MR) is 146 cm³/mol. The lowest BCUT2D eigenvalue weighted by atomic mass is 9.90. The van der Waals surface area contributed by atoms with E-state index in [9.17, 15) is 37.0 Å². The SMILES string of the molecule is CC(C(=O)NCc1ccccc1)C(O)C(O)C(Cc1cc(F)cc(F)c1)NC(=O)c1csc(N(C)S(C)(=O)=O)n1. The third-order valence-corrected chi connectivity index (χ3v) is 8.38. The molecule has 3 aromatic rings. The van der Waals surface area contributed by atoms with Crippen molar-refractivity contribution in [1.82, 2.24) is 15.6 Å². The first-order valence-corrected chi connectivity index (χ1v) is 14.8. The molecule has 40 heavy (non-hydrogen) atoms. The maximum absolute atomic E-state index is 13.8. The lowest BCUT2D eigenvalue weighted by molar-refractivity contribution is -0.131. The van der Waals surface area contributed by atoms with Gasteiger partial charge in [0.05, 0.1) is 24.3 Å². The molecule has 4 atom stereocenters. The largest absolute Gasteiger partial charge is 0.390 e. The summed E-state index contributed by atoms with van der Waals surface area (Å²) in [5.41, 5.74) is 0.716. The molecule has 3 rings (SSSR count). The van der Waals surface area contributed by atoms with Crippen LogP contribution in [0.25, 0.3) is 0 Å². The summed E-state index contributed by atoms with van der Waals surface area (Å²) in [5, 5.41) is 28.4. The van der Waals surface area contributed by atoms with Crippen LogP contribution >= 0.6 is 11.3 Å². The number of nitrogens with one attached hydrogen (secondary N) is 2. The zero-order chi connectivity index (χ0) is 29.6. The van der Waals surface area contributed by atoms with Gasteiger partial charge in [-0.1, -0.05) is 37.3 Å². The van der Waals surface area contributed by atoms with Gasteiger partial charge in [0.1, 0.15) is 23.4 Å². The van der Waals surface area contributed by atoms with Gasteiger partial charge in [-0.3, -0.25) is 9.59 Å². The number of hydrogen-bond donors (Lipinski definition) is 4. The van der Waals surface area contributed by atoms with Crippen molar-refractivity contribution in [2.45, 2.75) is 38.1 Å². The van der Waals surface area contributed by atoms with Crippen LogP contribution in [0.5, 0.6) is 0 Å². The number of anilines is 1. The lowest BCUT2D eigenvalue weighted by Crippen LogP contribution is -2.53. The van der Waals surface area contributed by atoms with Crippen LogP contribution in [-0.4, -0.2) is 67.0 Å². The molecule has 1 heterocycles. The monoisotopic (exact) mass is 596 g/mol. The van der Waals surface area contributed by atoms with E-state index in [1.54, 1.807) is 24.3 Å². The van der Waals surface area contributed by atoms with E-state index >= 15 is 0 Å². The third kappa shape index (κ3) is 8.27. The highest BCUT2D eigenvalue weighted by Crippen LogP contribution is 2.22. The van der Waals surface area contributed by atoms with Gasteiger partial charge in [0.2, 0.25) is 15.9 Å². The number of amides is 2. The lowest BCUT2D eigenvalue weighted by Gasteiger charge is -2.30. The van der Waals surface area contributed by atoms with Gasteiger partial charge in [-0.15, -0.1) is 11.3 Å². The zero-order valence-corrected chi connectivity index (χ0v) is 23.5. The fourth-order valence-corrected chi connectivity index (χ4v) is 5.31. The Balaban J connectivity index is 1.79. The predicted octanol–water partition coefficient (Wildman–Crippen LogP) is 1.83. The molecule has 0 saturated heterocycles. The summed E-state index contributed by atoms with van der Waals surface area (Å²) in [6.45, 7) is 1.58. The molecule has 0 aliphatic heterocycles. The first-order chi connectivity index (χ1) is 18.8. The number of nitrogens with zero attached hydrogens (tertiary/aromatic N) is 2. The zero-order valence-electron chi connectivity index (χ0n) is 21.9. The minimum Gasteiger partial charge on any atom is -0.390 e. The second kappa shape index (κ2) is 13.3. The molecule has 10 nitrogen and oxygen atoms in total. The molecule has 0 aliphatic rings. The summed E-state index contributed by atoms with van der Waals surface area (Å²) >= 11 is 0.886. The molecule has 0 bridgehead atoms. The number of aliphatic hydroxyl groups is 2. The van der Waals surface area contributed by atoms with Gasteiger partial charge in [0.15, 0.2) is 5.13 Å². The molecular weight excluding hydrogens is 566 g/mol. The molecule has 2 amide bonds. The summed E-state index contributed by atoms with van der Waals surface area (Å²) < 4.78 is 52.2. The van der Waals surface area contributed by atoms with Crippen LogP contribution in [0.15, 0.2) is 53.9 Å². The Bertz CT molecular complexity index is 1420. The van der Waals surface area contributed by atoms with Crippen molar-refractivity contribution in [2.75, 3.05) is 17.6 Å². The molecule has 0 radical (unpaired) electrons. The molecule has 1 aromatic heterocycles. The van der Waals surface area contributed by atoms with Crippen LogP contribution in [-0.2, 0) is 27.8 Å². The molecule has 0 fully saturated rings. The van der Waals surface area contributed by atoms with Crippen molar-refractivity contribution in [2.24, 2.45) is 5.92 Å². The van der Waals surface area contributed by atoms with Gasteiger partial charge in [-0.2, -0.15) is 0 Å². The van der Waals surface area contributed by atoms with Crippen LogP contribution in [0.1, 0.15) is 28.5 Å². The Morgan fingerprint density at radius 3 is 2.27 bits per heavy atom. The summed E-state index contributed by atoms with van der Waals surface area (Å²) in [6.07, 6.45) is -2.76. The molecule has 0 saturated carbocycles. The van der Waals surface area contributed by atoms with E-state index in [0.29, 0.717) is 6.07 Å². The Kier molecular flexibility index (Phi) is 10.3. The average Bonchev–Trinajstić information content (AvgIpc) is 3.39. The summed E-state index contributed by atoms with van der Waals surface area (Å²) in [6, 6.07) is 10.4. The van der Waals surface area contributed by atoms with Gasteiger partial charge in [0.25, 0.3) is 5.91 Å². The van der Waals surface area contributed by atoms with Crippen molar-refractivity contribution < 1.29 is 37.0 Å². The van der Waals surface area contributed by atoms with Crippen molar-refractivity contribution in [3.63, 3.8) is 0 Å². The molecule has 4 N–H and O–H groups in total. The smallest absolute Gasteiger partial charge is 0.271 e. The number of aliphatic hydroxyl groups excluding tert-OH is 2. The van der Waals surface area contributed by atoms with Gasteiger partial charge in [-0.05, 0) is 29.7 Å².